The monoisotopic (exact) mass is 272 g/mol. The summed E-state index contributed by atoms with van der Waals surface area (Å²) in [6, 6.07) is 7.16. The van der Waals surface area contributed by atoms with E-state index in [2.05, 4.69) is 26.1 Å². The third-order valence-corrected chi connectivity index (χ3v) is 2.47. The van der Waals surface area contributed by atoms with Crippen LogP contribution in [-0.2, 0) is 0 Å². The highest BCUT2D eigenvalue weighted by molar-refractivity contribution is 9.10. The predicted molar refractivity (Wildman–Crippen MR) is 58.5 cm³/mol. The molecular formula is C8H6BrClN4. The van der Waals surface area contributed by atoms with Crippen molar-refractivity contribution in [2.75, 3.05) is 5.73 Å². The molecule has 2 N–H and O–H groups in total. The van der Waals surface area contributed by atoms with Crippen molar-refractivity contribution < 1.29 is 0 Å². The third kappa shape index (κ3) is 1.73. The number of nitrogen functional groups attached to an aromatic ring is 1. The van der Waals surface area contributed by atoms with Crippen molar-refractivity contribution >= 4 is 33.3 Å². The molecule has 6 heteroatoms. The molecule has 1 aromatic carbocycles. The van der Waals surface area contributed by atoms with E-state index in [9.17, 15) is 0 Å². The molecule has 4 nitrogen and oxygen atoms in total. The lowest BCUT2D eigenvalue weighted by atomic mass is 10.3. The van der Waals surface area contributed by atoms with Gasteiger partial charge in [-0.15, -0.1) is 15.0 Å². The van der Waals surface area contributed by atoms with Crippen molar-refractivity contribution in [3.63, 3.8) is 0 Å². The van der Waals surface area contributed by atoms with Gasteiger partial charge in [-0.05, 0) is 40.2 Å². The number of aromatic nitrogens is 3. The van der Waals surface area contributed by atoms with Crippen LogP contribution < -0.4 is 5.73 Å². The van der Waals surface area contributed by atoms with Gasteiger partial charge in [-0.2, -0.15) is 0 Å². The van der Waals surface area contributed by atoms with Gasteiger partial charge in [0.15, 0.2) is 10.4 Å². The summed E-state index contributed by atoms with van der Waals surface area (Å²) >= 11 is 8.93. The van der Waals surface area contributed by atoms with Gasteiger partial charge in [0.1, 0.15) is 0 Å². The van der Waals surface area contributed by atoms with E-state index in [0.29, 0.717) is 15.4 Å². The van der Waals surface area contributed by atoms with Crippen LogP contribution in [0.3, 0.4) is 0 Å². The second kappa shape index (κ2) is 3.59. The van der Waals surface area contributed by atoms with Crippen molar-refractivity contribution in [3.8, 4) is 5.69 Å². The minimum absolute atomic E-state index is 0.361. The highest BCUT2D eigenvalue weighted by Crippen LogP contribution is 2.16. The van der Waals surface area contributed by atoms with Crippen LogP contribution in [0.5, 0.6) is 0 Å². The molecule has 0 saturated carbocycles. The Morgan fingerprint density at radius 1 is 1.21 bits per heavy atom. The molecule has 0 fully saturated rings. The van der Waals surface area contributed by atoms with Crippen molar-refractivity contribution in [1.29, 1.82) is 0 Å². The van der Waals surface area contributed by atoms with Crippen LogP contribution in [0.15, 0.2) is 28.9 Å². The lowest BCUT2D eigenvalue weighted by molar-refractivity contribution is 0.750. The van der Waals surface area contributed by atoms with E-state index in [-0.39, 0.29) is 0 Å². The summed E-state index contributed by atoms with van der Waals surface area (Å²) in [7, 11) is 0. The van der Waals surface area contributed by atoms with Crippen LogP contribution >= 0.6 is 27.5 Å². The number of rotatable bonds is 1. The highest BCUT2D eigenvalue weighted by Gasteiger charge is 2.05. The quantitative estimate of drug-likeness (QED) is 0.867. The number of nitrogens with zero attached hydrogens (tertiary/aromatic N) is 3. The first-order chi connectivity index (χ1) is 6.66. The Hall–Kier alpha value is -1.07. The first-order valence-electron chi connectivity index (χ1n) is 3.81. The van der Waals surface area contributed by atoms with E-state index in [1.54, 1.807) is 12.1 Å². The molecule has 2 rings (SSSR count). The Kier molecular flexibility index (Phi) is 2.43. The summed E-state index contributed by atoms with van der Waals surface area (Å²) in [6.45, 7) is 0. The number of hydrogen-bond acceptors (Lipinski definition) is 3. The average molecular weight is 274 g/mol. The third-order valence-electron chi connectivity index (χ3n) is 1.65. The summed E-state index contributed by atoms with van der Waals surface area (Å²) in [4.78, 5) is 1.44. The molecule has 0 saturated heterocycles. The minimum atomic E-state index is 0.361. The maximum absolute atomic E-state index is 5.75. The average Bonchev–Trinajstić information content (AvgIpc) is 2.48. The summed E-state index contributed by atoms with van der Waals surface area (Å²) in [6.07, 6.45) is 0. The Morgan fingerprint density at radius 3 is 2.36 bits per heavy atom. The van der Waals surface area contributed by atoms with Crippen LogP contribution in [0.4, 0.5) is 5.82 Å². The van der Waals surface area contributed by atoms with E-state index in [1.165, 1.54) is 4.80 Å². The molecule has 0 radical (unpaired) electrons. The lowest BCUT2D eigenvalue weighted by Crippen LogP contribution is -1.98. The van der Waals surface area contributed by atoms with Gasteiger partial charge in [-0.1, -0.05) is 11.6 Å². The van der Waals surface area contributed by atoms with E-state index in [1.807, 2.05) is 12.1 Å². The lowest BCUT2D eigenvalue weighted by Gasteiger charge is -1.97. The summed E-state index contributed by atoms with van der Waals surface area (Å²) in [5.41, 5.74) is 6.35. The van der Waals surface area contributed by atoms with Crippen LogP contribution in [-0.4, -0.2) is 15.0 Å². The predicted octanol–water partition coefficient (Wildman–Crippen LogP) is 2.27. The number of anilines is 1. The molecular weight excluding hydrogens is 267 g/mol. The fourth-order valence-corrected chi connectivity index (χ4v) is 1.35. The van der Waals surface area contributed by atoms with Gasteiger partial charge in [0.2, 0.25) is 0 Å². The summed E-state index contributed by atoms with van der Waals surface area (Å²) < 4.78 is 0.535. The first kappa shape index (κ1) is 9.48. The topological polar surface area (TPSA) is 56.7 Å². The number of hydrogen-bond donors (Lipinski definition) is 1. The summed E-state index contributed by atoms with van der Waals surface area (Å²) in [5, 5.41) is 8.74. The molecule has 72 valence electrons. The van der Waals surface area contributed by atoms with Crippen molar-refractivity contribution in [2.45, 2.75) is 0 Å². The number of nitrogens with two attached hydrogens (primary N) is 1. The second-order valence-electron chi connectivity index (χ2n) is 2.64. The zero-order valence-corrected chi connectivity index (χ0v) is 9.33. The number of benzene rings is 1. The van der Waals surface area contributed by atoms with Crippen molar-refractivity contribution in [3.05, 3.63) is 33.9 Å². The molecule has 14 heavy (non-hydrogen) atoms. The molecule has 0 spiro atoms. The molecule has 0 aliphatic heterocycles. The van der Waals surface area contributed by atoms with E-state index >= 15 is 0 Å². The van der Waals surface area contributed by atoms with Gasteiger partial charge < -0.3 is 5.73 Å². The Bertz CT molecular complexity index is 431. The maximum Gasteiger partial charge on any atom is 0.181 e. The molecule has 0 amide bonds. The fourth-order valence-electron chi connectivity index (χ4n) is 0.990. The Balaban J connectivity index is 2.44. The van der Waals surface area contributed by atoms with Gasteiger partial charge >= 0.3 is 0 Å². The number of halogens is 2. The SMILES string of the molecule is Nc1nn(-c2ccc(Cl)cc2)nc1Br. The molecule has 1 heterocycles. The molecule has 0 bridgehead atoms. The fraction of sp³-hybridized carbons (Fsp3) is 0. The van der Waals surface area contributed by atoms with Gasteiger partial charge in [-0.25, -0.2) is 0 Å². The van der Waals surface area contributed by atoms with Gasteiger partial charge in [0, 0.05) is 5.02 Å². The smallest absolute Gasteiger partial charge is 0.181 e. The van der Waals surface area contributed by atoms with E-state index in [0.717, 1.165) is 5.69 Å². The molecule has 1 aromatic heterocycles. The van der Waals surface area contributed by atoms with Crippen molar-refractivity contribution in [2.24, 2.45) is 0 Å². The Labute approximate surface area is 93.8 Å². The van der Waals surface area contributed by atoms with Crippen LogP contribution in [0.25, 0.3) is 5.69 Å². The minimum Gasteiger partial charge on any atom is -0.380 e. The van der Waals surface area contributed by atoms with Crippen molar-refractivity contribution in [1.82, 2.24) is 15.0 Å². The zero-order valence-electron chi connectivity index (χ0n) is 6.98. The molecule has 0 aliphatic carbocycles. The van der Waals surface area contributed by atoms with Gasteiger partial charge in [0.25, 0.3) is 0 Å². The molecule has 0 aliphatic rings. The molecule has 2 aromatic rings. The molecule has 0 unspecified atom stereocenters. The van der Waals surface area contributed by atoms with Gasteiger partial charge in [0.05, 0.1) is 5.69 Å². The van der Waals surface area contributed by atoms with E-state index in [4.69, 9.17) is 17.3 Å². The van der Waals surface area contributed by atoms with E-state index < -0.39 is 0 Å². The van der Waals surface area contributed by atoms with Crippen LogP contribution in [0, 0.1) is 0 Å². The Morgan fingerprint density at radius 2 is 1.86 bits per heavy atom. The maximum atomic E-state index is 5.75. The molecule has 0 atom stereocenters. The van der Waals surface area contributed by atoms with Gasteiger partial charge in [-0.3, -0.25) is 0 Å². The van der Waals surface area contributed by atoms with Crippen LogP contribution in [0.2, 0.25) is 5.02 Å². The summed E-state index contributed by atoms with van der Waals surface area (Å²) in [5.74, 6) is 0.361. The highest BCUT2D eigenvalue weighted by atomic mass is 79.9. The normalized spacial score (nSPS) is 10.4. The zero-order chi connectivity index (χ0) is 10.1. The standard InChI is InChI=1S/C8H6BrClN4/c9-7-8(11)13-14(12-7)6-3-1-5(10)2-4-6/h1-4H,(H2,11,13). The van der Waals surface area contributed by atoms with Crippen LogP contribution in [0.1, 0.15) is 0 Å². The largest absolute Gasteiger partial charge is 0.380 e. The first-order valence-corrected chi connectivity index (χ1v) is 4.98. The second-order valence-corrected chi connectivity index (χ2v) is 3.83.